The van der Waals surface area contributed by atoms with Gasteiger partial charge in [-0.3, -0.25) is 4.98 Å². The Kier molecular flexibility index (Phi) is 4.13. The van der Waals surface area contributed by atoms with Crippen molar-refractivity contribution in [1.82, 2.24) is 14.8 Å². The van der Waals surface area contributed by atoms with E-state index in [0.29, 0.717) is 5.69 Å². The first kappa shape index (κ1) is 15.9. The van der Waals surface area contributed by atoms with E-state index in [2.05, 4.69) is 10.1 Å². The van der Waals surface area contributed by atoms with Crippen LogP contribution in [0.25, 0.3) is 5.69 Å². The minimum absolute atomic E-state index is 0.0379. The highest BCUT2D eigenvalue weighted by atomic mass is 32.2. The average molecular weight is 343 g/mol. The van der Waals surface area contributed by atoms with E-state index in [0.717, 1.165) is 5.69 Å². The summed E-state index contributed by atoms with van der Waals surface area (Å²) in [6.45, 7) is 0. The largest absolute Gasteiger partial charge is 0.478 e. The minimum atomic E-state index is -3.61. The van der Waals surface area contributed by atoms with Crippen LogP contribution < -0.4 is 0 Å². The number of sulfone groups is 1. The van der Waals surface area contributed by atoms with E-state index in [1.807, 2.05) is 0 Å². The number of nitrogens with zero attached hydrogens (tertiary/aromatic N) is 3. The molecule has 7 nitrogen and oxygen atoms in total. The van der Waals surface area contributed by atoms with Crippen LogP contribution in [0.1, 0.15) is 16.1 Å². The van der Waals surface area contributed by atoms with Gasteiger partial charge in [-0.1, -0.05) is 0 Å². The van der Waals surface area contributed by atoms with Crippen LogP contribution in [0.4, 0.5) is 0 Å². The van der Waals surface area contributed by atoms with Crippen LogP contribution in [0.3, 0.4) is 0 Å². The topological polar surface area (TPSA) is 102 Å². The normalized spacial score (nSPS) is 11.3. The number of benzene rings is 1. The van der Waals surface area contributed by atoms with Gasteiger partial charge >= 0.3 is 5.97 Å². The Morgan fingerprint density at radius 1 is 1.04 bits per heavy atom. The van der Waals surface area contributed by atoms with Crippen molar-refractivity contribution in [2.24, 2.45) is 0 Å². The van der Waals surface area contributed by atoms with Crippen molar-refractivity contribution < 1.29 is 18.3 Å². The van der Waals surface area contributed by atoms with E-state index in [-0.39, 0.29) is 16.2 Å². The maximum absolute atomic E-state index is 12.4. The number of aromatic carboxylic acids is 1. The third-order valence-corrected chi connectivity index (χ3v) is 5.04. The number of hydrogen-bond donors (Lipinski definition) is 1. The zero-order valence-electron chi connectivity index (χ0n) is 12.4. The van der Waals surface area contributed by atoms with Gasteiger partial charge in [0.25, 0.3) is 0 Å². The second-order valence-corrected chi connectivity index (χ2v) is 7.04. The number of rotatable bonds is 5. The van der Waals surface area contributed by atoms with Crippen molar-refractivity contribution >= 4 is 15.8 Å². The highest BCUT2D eigenvalue weighted by molar-refractivity contribution is 7.90. The lowest BCUT2D eigenvalue weighted by Gasteiger charge is -2.03. The van der Waals surface area contributed by atoms with Crippen LogP contribution >= 0.6 is 0 Å². The molecule has 2 aromatic heterocycles. The van der Waals surface area contributed by atoms with E-state index in [1.165, 1.54) is 24.3 Å². The fourth-order valence-corrected chi connectivity index (χ4v) is 3.42. The van der Waals surface area contributed by atoms with Gasteiger partial charge in [-0.2, -0.15) is 5.10 Å². The lowest BCUT2D eigenvalue weighted by Crippen LogP contribution is -2.07. The van der Waals surface area contributed by atoms with Crippen molar-refractivity contribution in [2.75, 3.05) is 0 Å². The lowest BCUT2D eigenvalue weighted by atomic mass is 10.2. The van der Waals surface area contributed by atoms with Crippen LogP contribution in [0, 0.1) is 0 Å². The van der Waals surface area contributed by atoms with Gasteiger partial charge in [0.1, 0.15) is 0 Å². The van der Waals surface area contributed by atoms with Crippen molar-refractivity contribution in [3.8, 4) is 5.69 Å². The van der Waals surface area contributed by atoms with Crippen LogP contribution in [0.15, 0.2) is 66.0 Å². The van der Waals surface area contributed by atoms with Gasteiger partial charge in [-0.05, 0) is 42.5 Å². The van der Waals surface area contributed by atoms with Gasteiger partial charge in [0.15, 0.2) is 9.84 Å². The zero-order chi connectivity index (χ0) is 17.2. The fourth-order valence-electron chi connectivity index (χ4n) is 2.16. The molecule has 3 rings (SSSR count). The van der Waals surface area contributed by atoms with Crippen LogP contribution in [0.2, 0.25) is 0 Å². The molecule has 24 heavy (non-hydrogen) atoms. The molecule has 1 aromatic carbocycles. The third kappa shape index (κ3) is 3.33. The molecular weight excluding hydrogens is 330 g/mol. The number of carboxylic acid groups (broad SMARTS) is 1. The number of aromatic nitrogens is 3. The maximum atomic E-state index is 12.4. The fraction of sp³-hybridized carbons (Fsp3) is 0.0625. The summed E-state index contributed by atoms with van der Waals surface area (Å²) in [4.78, 5) is 14.8. The smallest absolute Gasteiger partial charge is 0.335 e. The molecule has 0 aliphatic heterocycles. The summed E-state index contributed by atoms with van der Waals surface area (Å²) in [5.74, 6) is -1.37. The Bertz CT molecular complexity index is 964. The monoisotopic (exact) mass is 343 g/mol. The molecule has 0 spiro atoms. The molecule has 0 amide bonds. The molecule has 0 unspecified atom stereocenters. The first-order valence-corrected chi connectivity index (χ1v) is 8.62. The average Bonchev–Trinajstić information content (AvgIpc) is 3.03. The predicted octanol–water partition coefficient (Wildman–Crippen LogP) is 1.94. The minimum Gasteiger partial charge on any atom is -0.478 e. The molecule has 3 aromatic rings. The van der Waals surface area contributed by atoms with Gasteiger partial charge in [-0.15, -0.1) is 0 Å². The second-order valence-electron chi connectivity index (χ2n) is 5.05. The summed E-state index contributed by atoms with van der Waals surface area (Å²) in [7, 11) is -3.61. The van der Waals surface area contributed by atoms with E-state index in [9.17, 15) is 13.2 Å². The van der Waals surface area contributed by atoms with Gasteiger partial charge in [-0.25, -0.2) is 17.9 Å². The SMILES string of the molecule is O=C(O)c1ccc(S(=O)(=O)Cc2ccn(-c3ccncc3)n2)cc1. The Morgan fingerprint density at radius 2 is 1.71 bits per heavy atom. The van der Waals surface area contributed by atoms with Crippen LogP contribution in [0.5, 0.6) is 0 Å². The molecule has 8 heteroatoms. The molecule has 0 atom stereocenters. The highest BCUT2D eigenvalue weighted by Crippen LogP contribution is 2.17. The number of pyridine rings is 1. The van der Waals surface area contributed by atoms with Gasteiger partial charge in [0.05, 0.1) is 27.6 Å². The Balaban J connectivity index is 1.82. The lowest BCUT2D eigenvalue weighted by molar-refractivity contribution is 0.0696. The van der Waals surface area contributed by atoms with Crippen molar-refractivity contribution in [2.45, 2.75) is 10.6 Å². The van der Waals surface area contributed by atoms with Crippen molar-refractivity contribution in [3.05, 3.63) is 72.3 Å². The van der Waals surface area contributed by atoms with Gasteiger partial charge < -0.3 is 5.11 Å². The number of carbonyl (C=O) groups is 1. The van der Waals surface area contributed by atoms with E-state index >= 15 is 0 Å². The first-order chi connectivity index (χ1) is 11.5. The summed E-state index contributed by atoms with van der Waals surface area (Å²) >= 11 is 0. The van der Waals surface area contributed by atoms with E-state index < -0.39 is 15.8 Å². The van der Waals surface area contributed by atoms with Crippen LogP contribution in [-0.2, 0) is 15.6 Å². The molecular formula is C16H13N3O4S. The first-order valence-electron chi connectivity index (χ1n) is 6.97. The summed E-state index contributed by atoms with van der Waals surface area (Å²) in [6.07, 6.45) is 4.92. The molecule has 1 N–H and O–H groups in total. The van der Waals surface area contributed by atoms with Gasteiger partial charge in [0, 0.05) is 18.6 Å². The van der Waals surface area contributed by atoms with E-state index in [1.54, 1.807) is 41.5 Å². The quantitative estimate of drug-likeness (QED) is 0.759. The second kappa shape index (κ2) is 6.25. The molecule has 0 aliphatic carbocycles. The van der Waals surface area contributed by atoms with Gasteiger partial charge in [0.2, 0.25) is 0 Å². The summed E-state index contributed by atoms with van der Waals surface area (Å²) in [5.41, 5.74) is 1.21. The van der Waals surface area contributed by atoms with E-state index in [4.69, 9.17) is 5.11 Å². The Morgan fingerprint density at radius 3 is 2.33 bits per heavy atom. The summed E-state index contributed by atoms with van der Waals surface area (Å²) < 4.78 is 26.4. The Hall–Kier alpha value is -3.00. The maximum Gasteiger partial charge on any atom is 0.335 e. The highest BCUT2D eigenvalue weighted by Gasteiger charge is 2.18. The molecule has 0 bridgehead atoms. The molecule has 0 aliphatic rings. The van der Waals surface area contributed by atoms with Crippen molar-refractivity contribution in [3.63, 3.8) is 0 Å². The molecule has 2 heterocycles. The summed E-state index contributed by atoms with van der Waals surface area (Å²) in [6, 6.07) is 10.3. The predicted molar refractivity (Wildman–Crippen MR) is 85.7 cm³/mol. The third-order valence-electron chi connectivity index (χ3n) is 3.37. The molecule has 0 saturated carbocycles. The molecule has 0 fully saturated rings. The Labute approximate surface area is 138 Å². The molecule has 0 saturated heterocycles. The molecule has 0 radical (unpaired) electrons. The van der Waals surface area contributed by atoms with Crippen LogP contribution in [-0.4, -0.2) is 34.3 Å². The standard InChI is InChI=1S/C16H13N3O4S/c20-16(21)12-1-3-15(4-2-12)24(22,23)11-13-7-10-19(18-13)14-5-8-17-9-6-14/h1-10H,11H2,(H,20,21). The number of carboxylic acids is 1. The van der Waals surface area contributed by atoms with Crippen molar-refractivity contribution in [1.29, 1.82) is 0 Å². The number of hydrogen-bond acceptors (Lipinski definition) is 5. The molecule has 122 valence electrons. The zero-order valence-corrected chi connectivity index (χ0v) is 13.2. The summed E-state index contributed by atoms with van der Waals surface area (Å²) in [5, 5.41) is 13.1.